The largest absolute Gasteiger partial charge is 0.456 e. The second-order valence-electron chi connectivity index (χ2n) is 5.74. The minimum atomic E-state index is -0.594. The maximum Gasteiger partial charge on any atom is 0.256 e. The molecule has 0 saturated heterocycles. The van der Waals surface area contributed by atoms with E-state index in [1.165, 1.54) is 0 Å². The Kier molecular flexibility index (Phi) is 4.70. The first kappa shape index (κ1) is 16.6. The Morgan fingerprint density at radius 2 is 1.16 bits per heavy atom. The van der Waals surface area contributed by atoms with Crippen LogP contribution in [0, 0.1) is 13.8 Å². The molecule has 25 heavy (non-hydrogen) atoms. The van der Waals surface area contributed by atoms with Crippen LogP contribution in [-0.4, -0.2) is 5.91 Å². The Morgan fingerprint density at radius 3 is 1.52 bits per heavy atom. The van der Waals surface area contributed by atoms with Crippen LogP contribution in [0.3, 0.4) is 0 Å². The van der Waals surface area contributed by atoms with Gasteiger partial charge in [-0.05, 0) is 55.3 Å². The summed E-state index contributed by atoms with van der Waals surface area (Å²) in [6, 6.07) is 20.5. The summed E-state index contributed by atoms with van der Waals surface area (Å²) < 4.78 is 11.9. The fourth-order valence-corrected chi connectivity index (χ4v) is 2.65. The third kappa shape index (κ3) is 3.63. The van der Waals surface area contributed by atoms with Crippen LogP contribution in [0.15, 0.2) is 66.7 Å². The van der Waals surface area contributed by atoms with Gasteiger partial charge >= 0.3 is 0 Å². The number of hydrogen-bond donors (Lipinski definition) is 1. The Morgan fingerprint density at radius 1 is 0.760 bits per heavy atom. The van der Waals surface area contributed by atoms with Gasteiger partial charge in [0.1, 0.15) is 28.6 Å². The maximum atomic E-state index is 12.2. The molecule has 0 atom stereocenters. The van der Waals surface area contributed by atoms with E-state index in [9.17, 15) is 4.79 Å². The average molecular weight is 333 g/mol. The number of hydrogen-bond acceptors (Lipinski definition) is 3. The summed E-state index contributed by atoms with van der Waals surface area (Å²) in [6.45, 7) is 3.76. The molecule has 126 valence electrons. The van der Waals surface area contributed by atoms with Gasteiger partial charge in [-0.25, -0.2) is 0 Å². The summed E-state index contributed by atoms with van der Waals surface area (Å²) in [5.41, 5.74) is 7.53. The van der Waals surface area contributed by atoms with E-state index < -0.39 is 5.91 Å². The Bertz CT molecular complexity index is 824. The summed E-state index contributed by atoms with van der Waals surface area (Å²) >= 11 is 0. The number of carbonyl (C=O) groups is 1. The molecular formula is C21H19NO3. The minimum Gasteiger partial charge on any atom is -0.456 e. The molecule has 2 N–H and O–H groups in total. The summed E-state index contributed by atoms with van der Waals surface area (Å²) in [5, 5.41) is 0. The van der Waals surface area contributed by atoms with Crippen molar-refractivity contribution in [3.8, 4) is 23.0 Å². The van der Waals surface area contributed by atoms with Crippen molar-refractivity contribution in [2.45, 2.75) is 13.8 Å². The van der Waals surface area contributed by atoms with Crippen molar-refractivity contribution in [2.24, 2.45) is 5.73 Å². The minimum absolute atomic E-state index is 0.241. The number of amides is 1. The fourth-order valence-electron chi connectivity index (χ4n) is 2.65. The number of benzene rings is 3. The Hall–Kier alpha value is -3.27. The van der Waals surface area contributed by atoms with Gasteiger partial charge in [-0.15, -0.1) is 0 Å². The van der Waals surface area contributed by atoms with Crippen molar-refractivity contribution in [1.29, 1.82) is 0 Å². The number of nitrogens with two attached hydrogens (primary N) is 1. The normalized spacial score (nSPS) is 10.3. The first-order chi connectivity index (χ1) is 12.1. The molecule has 1 amide bonds. The topological polar surface area (TPSA) is 61.5 Å². The lowest BCUT2D eigenvalue weighted by Gasteiger charge is -2.18. The second-order valence-corrected chi connectivity index (χ2v) is 5.74. The molecule has 3 rings (SSSR count). The summed E-state index contributed by atoms with van der Waals surface area (Å²) in [6.07, 6.45) is 0. The highest BCUT2D eigenvalue weighted by molar-refractivity contribution is 5.99. The van der Waals surface area contributed by atoms with E-state index in [2.05, 4.69) is 0 Å². The highest BCUT2D eigenvalue weighted by Crippen LogP contribution is 2.39. The van der Waals surface area contributed by atoms with Crippen LogP contribution < -0.4 is 15.2 Å². The van der Waals surface area contributed by atoms with Crippen LogP contribution in [-0.2, 0) is 0 Å². The monoisotopic (exact) mass is 333 g/mol. The highest BCUT2D eigenvalue weighted by atomic mass is 16.5. The van der Waals surface area contributed by atoms with E-state index in [0.717, 1.165) is 11.1 Å². The van der Waals surface area contributed by atoms with E-state index >= 15 is 0 Å². The van der Waals surface area contributed by atoms with Crippen molar-refractivity contribution in [1.82, 2.24) is 0 Å². The van der Waals surface area contributed by atoms with Gasteiger partial charge in [0, 0.05) is 0 Å². The standard InChI is InChI=1S/C21H19NO3/c1-14-13-15(2)20(25-17-11-7-4-8-12-17)18(21(22)23)19(14)24-16-9-5-3-6-10-16/h3-13H,1-2H3,(H2,22,23). The third-order valence-electron chi connectivity index (χ3n) is 3.78. The predicted molar refractivity (Wildman–Crippen MR) is 97.5 cm³/mol. The van der Waals surface area contributed by atoms with Crippen LogP contribution >= 0.6 is 0 Å². The zero-order valence-electron chi connectivity index (χ0n) is 14.2. The van der Waals surface area contributed by atoms with E-state index in [4.69, 9.17) is 15.2 Å². The lowest BCUT2D eigenvalue weighted by Crippen LogP contribution is -2.15. The number of para-hydroxylation sites is 2. The molecule has 0 spiro atoms. The molecule has 0 heterocycles. The number of aryl methyl sites for hydroxylation is 2. The number of carbonyl (C=O) groups excluding carboxylic acids is 1. The van der Waals surface area contributed by atoms with Crippen molar-refractivity contribution in [3.63, 3.8) is 0 Å². The molecule has 0 bridgehead atoms. The molecule has 0 aromatic heterocycles. The van der Waals surface area contributed by atoms with Gasteiger partial charge in [0.15, 0.2) is 0 Å². The molecule has 0 aliphatic rings. The first-order valence-electron chi connectivity index (χ1n) is 7.96. The SMILES string of the molecule is Cc1cc(C)c(Oc2ccccc2)c(C(N)=O)c1Oc1ccccc1. The summed E-state index contributed by atoms with van der Waals surface area (Å²) in [7, 11) is 0. The van der Waals surface area contributed by atoms with E-state index in [0.29, 0.717) is 23.0 Å². The van der Waals surface area contributed by atoms with Crippen molar-refractivity contribution >= 4 is 5.91 Å². The second kappa shape index (κ2) is 7.09. The molecule has 0 radical (unpaired) electrons. The molecule has 3 aromatic rings. The summed E-state index contributed by atoms with van der Waals surface area (Å²) in [4.78, 5) is 12.2. The smallest absolute Gasteiger partial charge is 0.256 e. The van der Waals surface area contributed by atoms with E-state index in [-0.39, 0.29) is 5.56 Å². The number of primary amides is 1. The average Bonchev–Trinajstić information content (AvgIpc) is 2.60. The van der Waals surface area contributed by atoms with E-state index in [1.54, 1.807) is 0 Å². The molecule has 0 aliphatic carbocycles. The number of rotatable bonds is 5. The summed E-state index contributed by atoms with van der Waals surface area (Å²) in [5.74, 6) is 1.49. The third-order valence-corrected chi connectivity index (χ3v) is 3.78. The Balaban J connectivity index is 2.11. The highest BCUT2D eigenvalue weighted by Gasteiger charge is 2.22. The molecule has 0 fully saturated rings. The zero-order valence-corrected chi connectivity index (χ0v) is 14.2. The van der Waals surface area contributed by atoms with Gasteiger partial charge in [0.2, 0.25) is 0 Å². The number of ether oxygens (including phenoxy) is 2. The van der Waals surface area contributed by atoms with E-state index in [1.807, 2.05) is 80.6 Å². The fraction of sp³-hybridized carbons (Fsp3) is 0.0952. The van der Waals surface area contributed by atoms with Crippen LogP contribution in [0.5, 0.6) is 23.0 Å². The zero-order chi connectivity index (χ0) is 17.8. The van der Waals surface area contributed by atoms with Crippen molar-refractivity contribution in [3.05, 3.63) is 83.4 Å². The van der Waals surface area contributed by atoms with Gasteiger partial charge in [-0.2, -0.15) is 0 Å². The predicted octanol–water partition coefficient (Wildman–Crippen LogP) is 4.99. The van der Waals surface area contributed by atoms with Crippen LogP contribution in [0.25, 0.3) is 0 Å². The molecule has 4 heteroatoms. The van der Waals surface area contributed by atoms with Gasteiger partial charge in [0.25, 0.3) is 5.91 Å². The lowest BCUT2D eigenvalue weighted by molar-refractivity contribution is 0.0995. The molecule has 4 nitrogen and oxygen atoms in total. The quantitative estimate of drug-likeness (QED) is 0.715. The van der Waals surface area contributed by atoms with Gasteiger partial charge < -0.3 is 15.2 Å². The van der Waals surface area contributed by atoms with Gasteiger partial charge in [0.05, 0.1) is 0 Å². The van der Waals surface area contributed by atoms with Gasteiger partial charge in [-0.3, -0.25) is 4.79 Å². The molecule has 0 unspecified atom stereocenters. The molecule has 0 saturated carbocycles. The van der Waals surface area contributed by atoms with Crippen LogP contribution in [0.2, 0.25) is 0 Å². The van der Waals surface area contributed by atoms with Crippen LogP contribution in [0.1, 0.15) is 21.5 Å². The lowest BCUT2D eigenvalue weighted by atomic mass is 10.0. The molecule has 0 aliphatic heterocycles. The molecule has 3 aromatic carbocycles. The van der Waals surface area contributed by atoms with Crippen LogP contribution in [0.4, 0.5) is 0 Å². The van der Waals surface area contributed by atoms with Crippen molar-refractivity contribution in [2.75, 3.05) is 0 Å². The maximum absolute atomic E-state index is 12.2. The Labute approximate surface area is 146 Å². The molecular weight excluding hydrogens is 314 g/mol. The first-order valence-corrected chi connectivity index (χ1v) is 7.96. The van der Waals surface area contributed by atoms with Gasteiger partial charge in [-0.1, -0.05) is 36.4 Å². The van der Waals surface area contributed by atoms with Crippen molar-refractivity contribution < 1.29 is 14.3 Å².